The molecule has 0 fully saturated rings. The zero-order chi connectivity index (χ0) is 25.7. The van der Waals surface area contributed by atoms with Gasteiger partial charge in [0.25, 0.3) is 0 Å². The van der Waals surface area contributed by atoms with Gasteiger partial charge in [-0.25, -0.2) is 4.79 Å². The number of aliphatic carboxylic acids is 1. The van der Waals surface area contributed by atoms with E-state index in [0.29, 0.717) is 6.42 Å². The Hall–Kier alpha value is -2.58. The van der Waals surface area contributed by atoms with Gasteiger partial charge in [-0.2, -0.15) is 12.6 Å². The number of aliphatic hydroxyl groups excluding tert-OH is 1. The van der Waals surface area contributed by atoms with E-state index in [1.54, 1.807) is 0 Å². The van der Waals surface area contributed by atoms with Gasteiger partial charge < -0.3 is 43.4 Å². The molecule has 0 radical (unpaired) electrons. The molecule has 0 aromatic heterocycles. The maximum absolute atomic E-state index is 13.0. The average Bonchev–Trinajstić information content (AvgIpc) is 2.71. The third-order valence-electron chi connectivity index (χ3n) is 4.54. The van der Waals surface area contributed by atoms with Crippen molar-refractivity contribution in [2.45, 2.75) is 70.3 Å². The summed E-state index contributed by atoms with van der Waals surface area (Å²) in [6.07, 6.45) is -0.491. The number of guanidine groups is 1. The third-order valence-corrected chi connectivity index (χ3v) is 4.90. The first-order chi connectivity index (χ1) is 15.3. The molecule has 0 saturated heterocycles. The van der Waals surface area contributed by atoms with Crippen LogP contribution in [0.2, 0.25) is 0 Å². The van der Waals surface area contributed by atoms with Gasteiger partial charge in [-0.3, -0.25) is 19.4 Å². The normalized spacial score (nSPS) is 15.5. The van der Waals surface area contributed by atoms with E-state index >= 15 is 0 Å². The molecule has 0 rings (SSSR count). The summed E-state index contributed by atoms with van der Waals surface area (Å²) in [5, 5.41) is 26.1. The van der Waals surface area contributed by atoms with E-state index in [2.05, 4.69) is 33.6 Å². The van der Waals surface area contributed by atoms with Crippen LogP contribution in [0, 0.1) is 5.92 Å². The number of aliphatic hydroxyl groups is 1. The number of thiol groups is 1. The zero-order valence-corrected chi connectivity index (χ0v) is 20.0. The van der Waals surface area contributed by atoms with Crippen molar-refractivity contribution in [3.63, 3.8) is 0 Å². The summed E-state index contributed by atoms with van der Waals surface area (Å²) in [5.41, 5.74) is 16.2. The molecule has 0 bridgehead atoms. The quantitative estimate of drug-likeness (QED) is 0.0499. The van der Waals surface area contributed by atoms with Crippen molar-refractivity contribution in [1.82, 2.24) is 16.0 Å². The fourth-order valence-corrected chi connectivity index (χ4v) is 2.94. The van der Waals surface area contributed by atoms with Gasteiger partial charge in [0.05, 0.1) is 6.10 Å². The van der Waals surface area contributed by atoms with Crippen LogP contribution in [0.1, 0.15) is 40.0 Å². The Labute approximate surface area is 198 Å². The van der Waals surface area contributed by atoms with Crippen molar-refractivity contribution in [1.29, 1.82) is 0 Å². The lowest BCUT2D eigenvalue weighted by molar-refractivity contribution is -0.141. The van der Waals surface area contributed by atoms with Crippen molar-refractivity contribution in [2.24, 2.45) is 28.1 Å². The molecular formula is C19H37N7O6S. The highest BCUT2D eigenvalue weighted by Gasteiger charge is 2.30. The van der Waals surface area contributed by atoms with Gasteiger partial charge in [0.2, 0.25) is 17.7 Å². The Bertz CT molecular complexity index is 700. The van der Waals surface area contributed by atoms with Crippen molar-refractivity contribution in [3.8, 4) is 0 Å². The van der Waals surface area contributed by atoms with Crippen LogP contribution in [0.15, 0.2) is 4.99 Å². The van der Waals surface area contributed by atoms with Gasteiger partial charge >= 0.3 is 5.97 Å². The second kappa shape index (κ2) is 15.3. The molecular weight excluding hydrogens is 454 g/mol. The maximum atomic E-state index is 13.0. The zero-order valence-electron chi connectivity index (χ0n) is 19.2. The molecule has 0 aliphatic rings. The van der Waals surface area contributed by atoms with Gasteiger partial charge in [0.15, 0.2) is 5.96 Å². The number of hydrogen-bond acceptors (Lipinski definition) is 8. The van der Waals surface area contributed by atoms with E-state index in [4.69, 9.17) is 22.3 Å². The van der Waals surface area contributed by atoms with Crippen LogP contribution in [0.25, 0.3) is 0 Å². The molecule has 0 aromatic rings. The summed E-state index contributed by atoms with van der Waals surface area (Å²) in [6.45, 7) is 5.19. The largest absolute Gasteiger partial charge is 0.480 e. The summed E-state index contributed by atoms with van der Waals surface area (Å²) < 4.78 is 0. The first-order valence-electron chi connectivity index (χ1n) is 10.5. The highest BCUT2D eigenvalue weighted by Crippen LogP contribution is 2.08. The molecule has 5 unspecified atom stereocenters. The molecule has 190 valence electrons. The van der Waals surface area contributed by atoms with E-state index in [9.17, 15) is 24.3 Å². The molecule has 13 nitrogen and oxygen atoms in total. The third kappa shape index (κ3) is 12.3. The smallest absolute Gasteiger partial charge is 0.327 e. The van der Waals surface area contributed by atoms with E-state index in [-0.39, 0.29) is 37.0 Å². The molecule has 0 aromatic carbocycles. The van der Waals surface area contributed by atoms with Crippen LogP contribution in [-0.2, 0) is 19.2 Å². The van der Waals surface area contributed by atoms with Crippen molar-refractivity contribution in [2.75, 3.05) is 12.3 Å². The number of aliphatic imine (C=N–C) groups is 1. The Balaban J connectivity index is 5.52. The Morgan fingerprint density at radius 3 is 1.91 bits per heavy atom. The van der Waals surface area contributed by atoms with Gasteiger partial charge in [0, 0.05) is 12.3 Å². The predicted octanol–water partition coefficient (Wildman–Crippen LogP) is -2.74. The number of nitrogens with zero attached hydrogens (tertiary/aromatic N) is 1. The van der Waals surface area contributed by atoms with E-state index in [1.807, 2.05) is 13.8 Å². The van der Waals surface area contributed by atoms with Gasteiger partial charge in [-0.1, -0.05) is 13.8 Å². The standard InChI is InChI=1S/C19H37N7O6S/c1-9(2)7-12(16(29)26-13(8-33)18(31)32)25-15(28)11(5-4-6-23-19(21)22)24-17(30)14(20)10(3)27/h9-14,27,33H,4-8,20H2,1-3H3,(H,24,30)(H,25,28)(H,26,29)(H,31,32)(H4,21,22,23). The van der Waals surface area contributed by atoms with Crippen LogP contribution >= 0.6 is 12.6 Å². The molecule has 14 heteroatoms. The predicted molar refractivity (Wildman–Crippen MR) is 126 cm³/mol. The van der Waals surface area contributed by atoms with E-state index < -0.39 is 54.0 Å². The minimum atomic E-state index is -1.26. The highest BCUT2D eigenvalue weighted by atomic mass is 32.1. The molecule has 0 heterocycles. The lowest BCUT2D eigenvalue weighted by Crippen LogP contribution is -2.58. The SMILES string of the molecule is CC(C)CC(NC(=O)C(CCCN=C(N)N)NC(=O)C(N)C(C)O)C(=O)NC(CS)C(=O)O. The number of rotatable bonds is 15. The van der Waals surface area contributed by atoms with Gasteiger partial charge in [0.1, 0.15) is 24.2 Å². The fourth-order valence-electron chi connectivity index (χ4n) is 2.69. The molecule has 33 heavy (non-hydrogen) atoms. The molecule has 5 atom stereocenters. The maximum Gasteiger partial charge on any atom is 0.327 e. The van der Waals surface area contributed by atoms with E-state index in [0.717, 1.165) is 0 Å². The first-order valence-corrected chi connectivity index (χ1v) is 11.2. The topological polar surface area (TPSA) is 235 Å². The molecule has 0 aliphatic carbocycles. The average molecular weight is 492 g/mol. The number of carbonyl (C=O) groups is 4. The molecule has 3 amide bonds. The monoisotopic (exact) mass is 491 g/mol. The molecule has 0 saturated carbocycles. The summed E-state index contributed by atoms with van der Waals surface area (Å²) in [4.78, 5) is 53.0. The minimum Gasteiger partial charge on any atom is -0.480 e. The molecule has 0 aliphatic heterocycles. The number of nitrogens with one attached hydrogen (secondary N) is 3. The Morgan fingerprint density at radius 1 is 0.939 bits per heavy atom. The second-order valence-corrected chi connectivity index (χ2v) is 8.41. The number of amides is 3. The fraction of sp³-hybridized carbons (Fsp3) is 0.737. The summed E-state index contributed by atoms with van der Waals surface area (Å²) in [5.74, 6) is -3.65. The number of nitrogens with two attached hydrogens (primary N) is 3. The lowest BCUT2D eigenvalue weighted by atomic mass is 10.0. The van der Waals surface area contributed by atoms with Crippen LogP contribution in [-0.4, -0.2) is 82.4 Å². The van der Waals surface area contributed by atoms with Crippen molar-refractivity contribution < 1.29 is 29.4 Å². The van der Waals surface area contributed by atoms with Crippen LogP contribution in [0.3, 0.4) is 0 Å². The van der Waals surface area contributed by atoms with Crippen LogP contribution in [0.5, 0.6) is 0 Å². The molecule has 11 N–H and O–H groups in total. The number of carboxylic acids is 1. The summed E-state index contributed by atoms with van der Waals surface area (Å²) in [6, 6.07) is -4.65. The van der Waals surface area contributed by atoms with E-state index in [1.165, 1.54) is 6.92 Å². The van der Waals surface area contributed by atoms with Gasteiger partial charge in [-0.15, -0.1) is 0 Å². The van der Waals surface area contributed by atoms with Crippen LogP contribution < -0.4 is 33.2 Å². The Morgan fingerprint density at radius 2 is 1.45 bits per heavy atom. The second-order valence-electron chi connectivity index (χ2n) is 8.05. The van der Waals surface area contributed by atoms with Crippen LogP contribution in [0.4, 0.5) is 0 Å². The lowest BCUT2D eigenvalue weighted by Gasteiger charge is -2.26. The number of carbonyl (C=O) groups excluding carboxylic acids is 3. The van der Waals surface area contributed by atoms with Crippen molar-refractivity contribution >= 4 is 42.3 Å². The Kier molecular flexibility index (Phi) is 14.1. The van der Waals surface area contributed by atoms with Crippen molar-refractivity contribution in [3.05, 3.63) is 0 Å². The minimum absolute atomic E-state index is 0.0149. The number of hydrogen-bond donors (Lipinski definition) is 9. The van der Waals surface area contributed by atoms with Gasteiger partial charge in [-0.05, 0) is 32.1 Å². The summed E-state index contributed by atoms with van der Waals surface area (Å²) >= 11 is 3.91. The number of carboxylic acid groups (broad SMARTS) is 1. The molecule has 0 spiro atoms. The highest BCUT2D eigenvalue weighted by molar-refractivity contribution is 7.80. The summed E-state index contributed by atoms with van der Waals surface area (Å²) in [7, 11) is 0. The first kappa shape index (κ1) is 30.4.